The van der Waals surface area contributed by atoms with E-state index in [0.717, 1.165) is 12.8 Å². The Bertz CT molecular complexity index is 284. The van der Waals surface area contributed by atoms with Gasteiger partial charge in [-0.05, 0) is 47.1 Å². The predicted octanol–water partition coefficient (Wildman–Crippen LogP) is 0.781. The molecule has 106 valence electrons. The molecule has 0 aromatic carbocycles. The highest BCUT2D eigenvalue weighted by atomic mass is 16.2. The van der Waals surface area contributed by atoms with Crippen molar-refractivity contribution in [1.82, 2.24) is 10.6 Å². The molecular weight excluding hydrogens is 230 g/mol. The van der Waals surface area contributed by atoms with Crippen LogP contribution >= 0.6 is 0 Å². The van der Waals surface area contributed by atoms with E-state index < -0.39 is 6.04 Å². The Balaban J connectivity index is 4.18. The first kappa shape index (κ1) is 16.9. The van der Waals surface area contributed by atoms with Crippen molar-refractivity contribution in [3.63, 3.8) is 0 Å². The van der Waals surface area contributed by atoms with Gasteiger partial charge in [0.1, 0.15) is 6.04 Å². The summed E-state index contributed by atoms with van der Waals surface area (Å²) in [5.41, 5.74) is 5.11. The summed E-state index contributed by atoms with van der Waals surface area (Å²) in [5.74, 6) is -0.375. The minimum absolute atomic E-state index is 0.0972. The molecule has 0 rings (SSSR count). The van der Waals surface area contributed by atoms with E-state index in [0.29, 0.717) is 6.54 Å². The van der Waals surface area contributed by atoms with Gasteiger partial charge in [0, 0.05) is 11.5 Å². The topological polar surface area (TPSA) is 84.2 Å². The summed E-state index contributed by atoms with van der Waals surface area (Å²) in [6.07, 6.45) is 1.56. The molecule has 0 aromatic rings. The first-order valence-electron chi connectivity index (χ1n) is 6.50. The molecule has 2 amide bonds. The van der Waals surface area contributed by atoms with Gasteiger partial charge in [0.25, 0.3) is 0 Å². The van der Waals surface area contributed by atoms with Crippen LogP contribution in [0.1, 0.15) is 47.5 Å². The first-order valence-corrected chi connectivity index (χ1v) is 6.50. The number of nitrogens with one attached hydrogen (secondary N) is 2. The molecule has 0 fully saturated rings. The second-order valence-electron chi connectivity index (χ2n) is 5.80. The monoisotopic (exact) mass is 257 g/mol. The molecule has 18 heavy (non-hydrogen) atoms. The quantitative estimate of drug-likeness (QED) is 0.657. The number of carbonyl (C=O) groups is 2. The van der Waals surface area contributed by atoms with Crippen molar-refractivity contribution in [3.05, 3.63) is 0 Å². The Labute approximate surface area is 110 Å². The fourth-order valence-corrected chi connectivity index (χ4v) is 1.45. The van der Waals surface area contributed by atoms with E-state index in [9.17, 15) is 9.59 Å². The molecule has 0 aliphatic rings. The van der Waals surface area contributed by atoms with E-state index in [4.69, 9.17) is 5.73 Å². The molecule has 2 atom stereocenters. The zero-order chi connectivity index (χ0) is 14.3. The third kappa shape index (κ3) is 7.27. The minimum atomic E-state index is -0.517. The third-order valence-electron chi connectivity index (χ3n) is 2.54. The van der Waals surface area contributed by atoms with Crippen molar-refractivity contribution in [3.8, 4) is 0 Å². The van der Waals surface area contributed by atoms with Crippen LogP contribution in [0.25, 0.3) is 0 Å². The van der Waals surface area contributed by atoms with Crippen molar-refractivity contribution in [2.45, 2.75) is 59.0 Å². The molecule has 0 bridgehead atoms. The van der Waals surface area contributed by atoms with E-state index in [2.05, 4.69) is 10.6 Å². The van der Waals surface area contributed by atoms with Crippen LogP contribution in [0, 0.1) is 5.92 Å². The molecule has 2 unspecified atom stereocenters. The van der Waals surface area contributed by atoms with Gasteiger partial charge in [-0.2, -0.15) is 0 Å². The molecule has 0 aliphatic heterocycles. The summed E-state index contributed by atoms with van der Waals surface area (Å²) in [5, 5.41) is 5.55. The van der Waals surface area contributed by atoms with E-state index in [-0.39, 0.29) is 23.3 Å². The van der Waals surface area contributed by atoms with Crippen LogP contribution in [0.5, 0.6) is 0 Å². The molecule has 0 saturated carbocycles. The maximum absolute atomic E-state index is 11.8. The van der Waals surface area contributed by atoms with Crippen LogP contribution in [0.3, 0.4) is 0 Å². The highest BCUT2D eigenvalue weighted by molar-refractivity contribution is 5.88. The van der Waals surface area contributed by atoms with Gasteiger partial charge < -0.3 is 16.4 Å². The Morgan fingerprint density at radius 2 is 1.72 bits per heavy atom. The molecule has 0 spiro atoms. The predicted molar refractivity (Wildman–Crippen MR) is 73.0 cm³/mol. The molecule has 0 aromatic heterocycles. The lowest BCUT2D eigenvalue weighted by atomic mass is 10.0. The van der Waals surface area contributed by atoms with Crippen LogP contribution in [0.15, 0.2) is 0 Å². The summed E-state index contributed by atoms with van der Waals surface area (Å²) in [7, 11) is 0. The van der Waals surface area contributed by atoms with Crippen LogP contribution < -0.4 is 16.4 Å². The second kappa shape index (κ2) is 7.36. The molecular formula is C13H27N3O2. The fourth-order valence-electron chi connectivity index (χ4n) is 1.45. The van der Waals surface area contributed by atoms with E-state index in [1.165, 1.54) is 0 Å². The zero-order valence-corrected chi connectivity index (χ0v) is 12.2. The van der Waals surface area contributed by atoms with Crippen molar-refractivity contribution in [2.75, 3.05) is 6.54 Å². The number of carbonyl (C=O) groups excluding carboxylic acids is 2. The first-order chi connectivity index (χ1) is 8.17. The Kier molecular flexibility index (Phi) is 6.91. The van der Waals surface area contributed by atoms with Crippen molar-refractivity contribution >= 4 is 11.8 Å². The third-order valence-corrected chi connectivity index (χ3v) is 2.54. The SMILES string of the molecule is CC(CCCN)C(=O)NC(C)C(=O)NC(C)(C)C. The highest BCUT2D eigenvalue weighted by Crippen LogP contribution is 2.05. The summed E-state index contributed by atoms with van der Waals surface area (Å²) in [6.45, 7) is 9.83. The van der Waals surface area contributed by atoms with E-state index >= 15 is 0 Å². The van der Waals surface area contributed by atoms with E-state index in [1.807, 2.05) is 27.7 Å². The van der Waals surface area contributed by atoms with Crippen molar-refractivity contribution in [2.24, 2.45) is 11.7 Å². The van der Waals surface area contributed by atoms with Gasteiger partial charge in [0.15, 0.2) is 0 Å². The van der Waals surface area contributed by atoms with Crippen LogP contribution in [0.4, 0.5) is 0 Å². The number of hydrogen-bond acceptors (Lipinski definition) is 3. The van der Waals surface area contributed by atoms with Gasteiger partial charge >= 0.3 is 0 Å². The molecule has 0 heterocycles. The van der Waals surface area contributed by atoms with Gasteiger partial charge in [0.05, 0.1) is 0 Å². The number of rotatable bonds is 6. The molecule has 4 N–H and O–H groups in total. The minimum Gasteiger partial charge on any atom is -0.350 e. The number of amides is 2. The van der Waals surface area contributed by atoms with Gasteiger partial charge in [-0.25, -0.2) is 0 Å². The van der Waals surface area contributed by atoms with Crippen molar-refractivity contribution < 1.29 is 9.59 Å². The lowest BCUT2D eigenvalue weighted by Gasteiger charge is -2.24. The average Bonchev–Trinajstić information content (AvgIpc) is 2.23. The lowest BCUT2D eigenvalue weighted by Crippen LogP contribution is -2.51. The maximum Gasteiger partial charge on any atom is 0.242 e. The standard InChI is InChI=1S/C13H27N3O2/c1-9(7-6-8-14)11(17)15-10(2)12(18)16-13(3,4)5/h9-10H,6-8,14H2,1-5H3,(H,15,17)(H,16,18). The van der Waals surface area contributed by atoms with Crippen LogP contribution in [-0.2, 0) is 9.59 Å². The van der Waals surface area contributed by atoms with Crippen LogP contribution in [0.2, 0.25) is 0 Å². The molecule has 0 radical (unpaired) electrons. The largest absolute Gasteiger partial charge is 0.350 e. The fraction of sp³-hybridized carbons (Fsp3) is 0.846. The lowest BCUT2D eigenvalue weighted by molar-refractivity contribution is -0.131. The van der Waals surface area contributed by atoms with E-state index in [1.54, 1.807) is 6.92 Å². The Morgan fingerprint density at radius 1 is 1.17 bits per heavy atom. The van der Waals surface area contributed by atoms with Crippen LogP contribution in [-0.4, -0.2) is 29.9 Å². The van der Waals surface area contributed by atoms with Gasteiger partial charge in [-0.3, -0.25) is 9.59 Å². The normalized spacial score (nSPS) is 14.8. The Morgan fingerprint density at radius 3 is 2.17 bits per heavy atom. The average molecular weight is 257 g/mol. The number of nitrogens with two attached hydrogens (primary N) is 1. The molecule has 0 saturated heterocycles. The summed E-state index contributed by atoms with van der Waals surface area (Å²) in [4.78, 5) is 23.6. The Hall–Kier alpha value is -1.10. The smallest absolute Gasteiger partial charge is 0.242 e. The molecule has 0 aliphatic carbocycles. The summed E-state index contributed by atoms with van der Waals surface area (Å²) in [6, 6.07) is -0.517. The highest BCUT2D eigenvalue weighted by Gasteiger charge is 2.22. The summed E-state index contributed by atoms with van der Waals surface area (Å²) >= 11 is 0. The molecule has 5 heteroatoms. The zero-order valence-electron chi connectivity index (χ0n) is 12.2. The molecule has 5 nitrogen and oxygen atoms in total. The number of hydrogen-bond donors (Lipinski definition) is 3. The van der Waals surface area contributed by atoms with Crippen molar-refractivity contribution in [1.29, 1.82) is 0 Å². The maximum atomic E-state index is 11.8. The van der Waals surface area contributed by atoms with Gasteiger partial charge in [0.2, 0.25) is 11.8 Å². The summed E-state index contributed by atoms with van der Waals surface area (Å²) < 4.78 is 0. The van der Waals surface area contributed by atoms with Gasteiger partial charge in [-0.15, -0.1) is 0 Å². The van der Waals surface area contributed by atoms with Gasteiger partial charge in [-0.1, -0.05) is 6.92 Å². The second-order valence-corrected chi connectivity index (χ2v) is 5.80.